The van der Waals surface area contributed by atoms with Crippen LogP contribution in [0.25, 0.3) is 0 Å². The largest absolute Gasteiger partial charge is 0.393 e. The Balaban J connectivity index is 1.93. The summed E-state index contributed by atoms with van der Waals surface area (Å²) in [5.74, 6) is 0.605. The van der Waals surface area contributed by atoms with Gasteiger partial charge >= 0.3 is 0 Å². The summed E-state index contributed by atoms with van der Waals surface area (Å²) >= 11 is 0. The molecular formula is C13H24O2. The third-order valence-corrected chi connectivity index (χ3v) is 3.07. The minimum absolute atomic E-state index is 0.111. The molecule has 1 rings (SSSR count). The van der Waals surface area contributed by atoms with Gasteiger partial charge in [-0.1, -0.05) is 18.9 Å². The number of aliphatic hydroxyl groups is 1. The van der Waals surface area contributed by atoms with Gasteiger partial charge in [-0.2, -0.15) is 0 Å². The Bertz CT molecular complexity index is 162. The average Bonchev–Trinajstić information content (AvgIpc) is 2.70. The Morgan fingerprint density at radius 2 is 2.27 bits per heavy atom. The van der Waals surface area contributed by atoms with Crippen LogP contribution in [0.4, 0.5) is 0 Å². The molecule has 0 saturated carbocycles. The molecule has 1 heterocycles. The van der Waals surface area contributed by atoms with E-state index in [-0.39, 0.29) is 6.10 Å². The first-order valence-electron chi connectivity index (χ1n) is 6.19. The van der Waals surface area contributed by atoms with Crippen molar-refractivity contribution in [2.24, 2.45) is 5.92 Å². The van der Waals surface area contributed by atoms with Gasteiger partial charge in [0.05, 0.1) is 6.10 Å². The van der Waals surface area contributed by atoms with Crippen LogP contribution in [0.1, 0.15) is 44.9 Å². The second kappa shape index (κ2) is 7.89. The molecule has 1 aliphatic heterocycles. The molecule has 0 radical (unpaired) electrons. The molecule has 88 valence electrons. The fourth-order valence-electron chi connectivity index (χ4n) is 2.12. The second-order valence-corrected chi connectivity index (χ2v) is 4.55. The highest BCUT2D eigenvalue weighted by Crippen LogP contribution is 2.20. The molecule has 15 heavy (non-hydrogen) atoms. The lowest BCUT2D eigenvalue weighted by Gasteiger charge is -2.13. The van der Waals surface area contributed by atoms with Crippen LogP contribution in [-0.4, -0.2) is 24.4 Å². The van der Waals surface area contributed by atoms with Crippen LogP contribution in [0.5, 0.6) is 0 Å². The van der Waals surface area contributed by atoms with Gasteiger partial charge in [0.2, 0.25) is 0 Å². The molecule has 0 aromatic rings. The van der Waals surface area contributed by atoms with E-state index >= 15 is 0 Å². The van der Waals surface area contributed by atoms with Gasteiger partial charge in [0.15, 0.2) is 0 Å². The monoisotopic (exact) mass is 212 g/mol. The smallest absolute Gasteiger partial charge is 0.0543 e. The van der Waals surface area contributed by atoms with Crippen molar-refractivity contribution < 1.29 is 9.84 Å². The Morgan fingerprint density at radius 3 is 2.93 bits per heavy atom. The molecule has 1 aliphatic rings. The molecule has 2 heteroatoms. The Morgan fingerprint density at radius 1 is 1.40 bits per heavy atom. The second-order valence-electron chi connectivity index (χ2n) is 4.55. The van der Waals surface area contributed by atoms with Crippen molar-refractivity contribution in [1.29, 1.82) is 0 Å². The molecular weight excluding hydrogens is 188 g/mol. The quantitative estimate of drug-likeness (QED) is 0.495. The number of ether oxygens (including phenoxy) is 1. The third-order valence-electron chi connectivity index (χ3n) is 3.07. The number of aliphatic hydroxyl groups excluding tert-OH is 1. The van der Waals surface area contributed by atoms with Crippen LogP contribution in [0, 0.1) is 5.92 Å². The predicted molar refractivity (Wildman–Crippen MR) is 62.8 cm³/mol. The highest BCUT2D eigenvalue weighted by Gasteiger charge is 2.18. The van der Waals surface area contributed by atoms with E-state index in [2.05, 4.69) is 6.58 Å². The molecule has 0 spiro atoms. The van der Waals surface area contributed by atoms with Gasteiger partial charge in [-0.3, -0.25) is 0 Å². The lowest BCUT2D eigenvalue weighted by Crippen LogP contribution is -2.13. The van der Waals surface area contributed by atoms with Crippen LogP contribution >= 0.6 is 0 Å². The zero-order chi connectivity index (χ0) is 10.9. The SMILES string of the molecule is C=CCCCCCC(O)CC1CCOC1. The van der Waals surface area contributed by atoms with Crippen LogP contribution < -0.4 is 0 Å². The van der Waals surface area contributed by atoms with Crippen molar-refractivity contribution in [3.05, 3.63) is 12.7 Å². The van der Waals surface area contributed by atoms with Crippen molar-refractivity contribution in [1.82, 2.24) is 0 Å². The first-order chi connectivity index (χ1) is 7.33. The lowest BCUT2D eigenvalue weighted by atomic mass is 9.97. The lowest BCUT2D eigenvalue weighted by molar-refractivity contribution is 0.119. The molecule has 0 amide bonds. The van der Waals surface area contributed by atoms with Gasteiger partial charge < -0.3 is 9.84 Å². The van der Waals surface area contributed by atoms with E-state index in [4.69, 9.17) is 4.74 Å². The summed E-state index contributed by atoms with van der Waals surface area (Å²) in [6.07, 6.45) is 9.54. The Hall–Kier alpha value is -0.340. The maximum Gasteiger partial charge on any atom is 0.0543 e. The van der Waals surface area contributed by atoms with E-state index in [0.29, 0.717) is 5.92 Å². The van der Waals surface area contributed by atoms with E-state index in [1.54, 1.807) is 0 Å². The number of rotatable bonds is 8. The first-order valence-corrected chi connectivity index (χ1v) is 6.19. The van der Waals surface area contributed by atoms with Crippen molar-refractivity contribution in [3.8, 4) is 0 Å². The van der Waals surface area contributed by atoms with Crippen molar-refractivity contribution in [2.45, 2.75) is 51.0 Å². The van der Waals surface area contributed by atoms with Crippen molar-refractivity contribution >= 4 is 0 Å². The van der Waals surface area contributed by atoms with Crippen LogP contribution in [0.15, 0.2) is 12.7 Å². The summed E-state index contributed by atoms with van der Waals surface area (Å²) in [6.45, 7) is 5.44. The summed E-state index contributed by atoms with van der Waals surface area (Å²) in [5, 5.41) is 9.79. The minimum atomic E-state index is -0.111. The molecule has 0 aromatic carbocycles. The van der Waals surface area contributed by atoms with Gasteiger partial charge in [-0.15, -0.1) is 6.58 Å². The summed E-state index contributed by atoms with van der Waals surface area (Å²) in [5.41, 5.74) is 0. The minimum Gasteiger partial charge on any atom is -0.393 e. The van der Waals surface area contributed by atoms with E-state index in [1.165, 1.54) is 12.8 Å². The molecule has 2 unspecified atom stereocenters. The molecule has 2 nitrogen and oxygen atoms in total. The zero-order valence-electron chi connectivity index (χ0n) is 9.66. The Labute approximate surface area is 93.3 Å². The number of hydrogen-bond acceptors (Lipinski definition) is 2. The van der Waals surface area contributed by atoms with E-state index in [1.807, 2.05) is 6.08 Å². The number of allylic oxidation sites excluding steroid dienone is 1. The molecule has 1 fully saturated rings. The highest BCUT2D eigenvalue weighted by atomic mass is 16.5. The van der Waals surface area contributed by atoms with Crippen LogP contribution in [0.3, 0.4) is 0 Å². The van der Waals surface area contributed by atoms with Crippen LogP contribution in [-0.2, 0) is 4.74 Å². The Kier molecular flexibility index (Phi) is 6.69. The van der Waals surface area contributed by atoms with Gasteiger partial charge in [0.1, 0.15) is 0 Å². The molecule has 0 aliphatic carbocycles. The fraction of sp³-hybridized carbons (Fsp3) is 0.846. The molecule has 1 N–H and O–H groups in total. The highest BCUT2D eigenvalue weighted by molar-refractivity contribution is 4.70. The van der Waals surface area contributed by atoms with Gasteiger partial charge in [-0.05, 0) is 38.0 Å². The summed E-state index contributed by atoms with van der Waals surface area (Å²) in [6, 6.07) is 0. The summed E-state index contributed by atoms with van der Waals surface area (Å²) < 4.78 is 5.29. The molecule has 0 bridgehead atoms. The summed E-state index contributed by atoms with van der Waals surface area (Å²) in [7, 11) is 0. The first kappa shape index (κ1) is 12.7. The van der Waals surface area contributed by atoms with E-state index in [9.17, 15) is 5.11 Å². The maximum atomic E-state index is 9.79. The predicted octanol–water partition coefficient (Wildman–Crippen LogP) is 2.91. The average molecular weight is 212 g/mol. The van der Waals surface area contributed by atoms with Gasteiger partial charge in [-0.25, -0.2) is 0 Å². The normalized spacial score (nSPS) is 22.9. The van der Waals surface area contributed by atoms with Crippen molar-refractivity contribution in [2.75, 3.05) is 13.2 Å². The molecule has 2 atom stereocenters. The standard InChI is InChI=1S/C13H24O2/c1-2-3-4-5-6-7-13(14)10-12-8-9-15-11-12/h2,12-14H,1,3-11H2. The maximum absolute atomic E-state index is 9.79. The topological polar surface area (TPSA) is 29.5 Å². The number of unbranched alkanes of at least 4 members (excludes halogenated alkanes) is 3. The van der Waals surface area contributed by atoms with Gasteiger partial charge in [0, 0.05) is 13.2 Å². The zero-order valence-corrected chi connectivity index (χ0v) is 9.66. The number of hydrogen-bond donors (Lipinski definition) is 1. The van der Waals surface area contributed by atoms with E-state index < -0.39 is 0 Å². The fourth-order valence-corrected chi connectivity index (χ4v) is 2.12. The van der Waals surface area contributed by atoms with E-state index in [0.717, 1.165) is 45.3 Å². The molecule has 1 saturated heterocycles. The summed E-state index contributed by atoms with van der Waals surface area (Å²) in [4.78, 5) is 0. The third kappa shape index (κ3) is 5.95. The van der Waals surface area contributed by atoms with Gasteiger partial charge in [0.25, 0.3) is 0 Å². The van der Waals surface area contributed by atoms with Crippen LogP contribution in [0.2, 0.25) is 0 Å². The molecule has 0 aromatic heterocycles. The van der Waals surface area contributed by atoms with Crippen molar-refractivity contribution in [3.63, 3.8) is 0 Å².